The third-order valence-corrected chi connectivity index (χ3v) is 7.49. The number of hydrogen-bond acceptors (Lipinski definition) is 5. The van der Waals surface area contributed by atoms with E-state index in [2.05, 4.69) is 5.32 Å². The molecule has 2 heterocycles. The molecular formula is C24H24FN3O4S. The number of anilines is 1. The Labute approximate surface area is 191 Å². The summed E-state index contributed by atoms with van der Waals surface area (Å²) in [5, 5.41) is 4.26. The number of ether oxygens (including phenoxy) is 1. The number of nitrogens with one attached hydrogen (secondary N) is 2. The van der Waals surface area contributed by atoms with Crippen LogP contribution in [-0.2, 0) is 21.6 Å². The van der Waals surface area contributed by atoms with Crippen molar-refractivity contribution in [3.05, 3.63) is 71.5 Å². The molecule has 0 aliphatic carbocycles. The number of halogens is 1. The number of rotatable bonds is 5. The zero-order valence-electron chi connectivity index (χ0n) is 17.9. The molecule has 1 unspecified atom stereocenters. The van der Waals surface area contributed by atoms with Crippen LogP contribution in [0.15, 0.2) is 54.6 Å². The average Bonchev–Trinajstić information content (AvgIpc) is 3.10. The number of carbonyl (C=O) groups excluding carboxylic acids is 1. The fraction of sp³-hybridized carbons (Fsp3) is 0.292. The number of fused-ring (bicyclic) bond motifs is 1. The number of nitrogens with zero attached hydrogens (tertiary/aromatic N) is 1. The van der Waals surface area contributed by atoms with E-state index >= 15 is 4.39 Å². The second-order valence-electron chi connectivity index (χ2n) is 8.37. The van der Waals surface area contributed by atoms with Crippen LogP contribution in [0.1, 0.15) is 29.9 Å². The molecule has 9 heteroatoms. The van der Waals surface area contributed by atoms with Crippen molar-refractivity contribution >= 4 is 32.6 Å². The average molecular weight is 470 g/mol. The first kappa shape index (κ1) is 21.7. The maximum absolute atomic E-state index is 16.0. The van der Waals surface area contributed by atoms with E-state index < -0.39 is 28.5 Å². The van der Waals surface area contributed by atoms with Gasteiger partial charge in [0.25, 0.3) is 5.91 Å². The quantitative estimate of drug-likeness (QED) is 0.599. The monoisotopic (exact) mass is 469 g/mol. The van der Waals surface area contributed by atoms with E-state index in [0.29, 0.717) is 10.8 Å². The zero-order chi connectivity index (χ0) is 23.0. The second kappa shape index (κ2) is 8.64. The molecule has 2 aliphatic rings. The number of amides is 1. The summed E-state index contributed by atoms with van der Waals surface area (Å²) >= 11 is 0. The largest absolute Gasteiger partial charge is 0.487 e. The summed E-state index contributed by atoms with van der Waals surface area (Å²) < 4.78 is 49.7. The van der Waals surface area contributed by atoms with Gasteiger partial charge in [-0.1, -0.05) is 42.5 Å². The molecule has 2 N–H and O–H groups in total. The molecule has 0 spiro atoms. The van der Waals surface area contributed by atoms with Gasteiger partial charge in [0.2, 0.25) is 0 Å². The molecule has 7 nitrogen and oxygen atoms in total. The molecule has 2 aliphatic heterocycles. The number of benzene rings is 3. The van der Waals surface area contributed by atoms with Crippen molar-refractivity contribution in [3.63, 3.8) is 0 Å². The highest BCUT2D eigenvalue weighted by atomic mass is 32.2. The van der Waals surface area contributed by atoms with Crippen molar-refractivity contribution in [2.45, 2.75) is 25.4 Å². The summed E-state index contributed by atoms with van der Waals surface area (Å²) in [6.45, 7) is 1.41. The first-order chi connectivity index (χ1) is 15.9. The van der Waals surface area contributed by atoms with Crippen LogP contribution in [0.3, 0.4) is 0 Å². The molecule has 172 valence electrons. The molecule has 33 heavy (non-hydrogen) atoms. The van der Waals surface area contributed by atoms with E-state index in [1.54, 1.807) is 12.1 Å². The van der Waals surface area contributed by atoms with E-state index in [1.807, 2.05) is 47.2 Å². The van der Waals surface area contributed by atoms with Gasteiger partial charge >= 0.3 is 10.2 Å². The SMILES string of the molecule is O=C1CN(c2c(OCc3ccccc3)cc3ccc(C4CCCNC4)cc3c2F)S(=O)(=O)N1. The van der Waals surface area contributed by atoms with Gasteiger partial charge in [-0.25, -0.2) is 13.4 Å². The summed E-state index contributed by atoms with van der Waals surface area (Å²) in [5.74, 6) is -1.11. The minimum atomic E-state index is -4.21. The third-order valence-electron chi connectivity index (χ3n) is 6.12. The van der Waals surface area contributed by atoms with Crippen molar-refractivity contribution in [2.24, 2.45) is 0 Å². The Bertz CT molecular complexity index is 1310. The summed E-state index contributed by atoms with van der Waals surface area (Å²) in [5.41, 5.74) is 1.59. The Kier molecular flexibility index (Phi) is 5.67. The first-order valence-corrected chi connectivity index (χ1v) is 12.3. The topological polar surface area (TPSA) is 87.7 Å². The Morgan fingerprint density at radius 2 is 1.94 bits per heavy atom. The van der Waals surface area contributed by atoms with Crippen LogP contribution in [0.2, 0.25) is 0 Å². The highest BCUT2D eigenvalue weighted by molar-refractivity contribution is 7.92. The minimum absolute atomic E-state index is 0.0658. The van der Waals surface area contributed by atoms with E-state index in [4.69, 9.17) is 4.74 Å². The van der Waals surface area contributed by atoms with Gasteiger partial charge in [0.1, 0.15) is 24.6 Å². The van der Waals surface area contributed by atoms with E-state index in [0.717, 1.165) is 41.4 Å². The first-order valence-electron chi connectivity index (χ1n) is 10.9. The van der Waals surface area contributed by atoms with Gasteiger partial charge in [-0.3, -0.25) is 4.79 Å². The van der Waals surface area contributed by atoms with Gasteiger partial charge in [-0.05, 0) is 54.0 Å². The second-order valence-corrected chi connectivity index (χ2v) is 9.97. The van der Waals surface area contributed by atoms with Crippen LogP contribution in [-0.4, -0.2) is 34.0 Å². The van der Waals surface area contributed by atoms with Crippen molar-refractivity contribution in [1.82, 2.24) is 10.0 Å². The molecule has 1 amide bonds. The van der Waals surface area contributed by atoms with Crippen molar-refractivity contribution in [3.8, 4) is 5.75 Å². The van der Waals surface area contributed by atoms with Crippen LogP contribution >= 0.6 is 0 Å². The predicted molar refractivity (Wildman–Crippen MR) is 124 cm³/mol. The van der Waals surface area contributed by atoms with Gasteiger partial charge in [0, 0.05) is 11.9 Å². The molecule has 5 rings (SSSR count). The summed E-state index contributed by atoms with van der Waals surface area (Å²) in [4.78, 5) is 11.9. The Balaban J connectivity index is 1.61. The fourth-order valence-corrected chi connectivity index (χ4v) is 5.61. The summed E-state index contributed by atoms with van der Waals surface area (Å²) in [6, 6.07) is 16.5. The normalized spacial score (nSPS) is 20.1. The molecule has 1 atom stereocenters. The summed E-state index contributed by atoms with van der Waals surface area (Å²) in [7, 11) is -4.21. The number of piperidine rings is 1. The Morgan fingerprint density at radius 1 is 1.12 bits per heavy atom. The van der Waals surface area contributed by atoms with Gasteiger partial charge in [-0.2, -0.15) is 8.42 Å². The molecule has 2 saturated heterocycles. The lowest BCUT2D eigenvalue weighted by Gasteiger charge is -2.24. The molecule has 2 fully saturated rings. The zero-order valence-corrected chi connectivity index (χ0v) is 18.7. The lowest BCUT2D eigenvalue weighted by atomic mass is 9.90. The van der Waals surface area contributed by atoms with Crippen LogP contribution in [0.4, 0.5) is 10.1 Å². The van der Waals surface area contributed by atoms with Gasteiger partial charge in [0.15, 0.2) is 5.82 Å². The van der Waals surface area contributed by atoms with E-state index in [1.165, 1.54) is 0 Å². The third kappa shape index (κ3) is 4.26. The molecule has 0 saturated carbocycles. The fourth-order valence-electron chi connectivity index (χ4n) is 4.45. The molecule has 0 aromatic heterocycles. The van der Waals surface area contributed by atoms with Crippen LogP contribution in [0.5, 0.6) is 5.75 Å². The maximum Gasteiger partial charge on any atom is 0.326 e. The standard InChI is InChI=1S/C24H24FN3O4S/c25-23-20-11-17(19-7-4-10-26-13-19)8-9-18(20)12-21(32-15-16-5-2-1-3-6-16)24(23)28-14-22(29)27-33(28,30)31/h1-3,5-6,8-9,11-12,19,26H,4,7,10,13-15H2,(H,27,29). The van der Waals surface area contributed by atoms with Gasteiger partial charge in [0.05, 0.1) is 0 Å². The minimum Gasteiger partial charge on any atom is -0.487 e. The van der Waals surface area contributed by atoms with Crippen molar-refractivity contribution in [1.29, 1.82) is 0 Å². The van der Waals surface area contributed by atoms with Crippen LogP contribution < -0.4 is 19.1 Å². The Hall–Kier alpha value is -3.17. The maximum atomic E-state index is 16.0. The molecule has 3 aromatic rings. The molecule has 0 radical (unpaired) electrons. The highest BCUT2D eigenvalue weighted by Gasteiger charge is 2.38. The lowest BCUT2D eigenvalue weighted by molar-refractivity contribution is -0.117. The predicted octanol–water partition coefficient (Wildman–Crippen LogP) is 3.21. The molecule has 0 bridgehead atoms. The summed E-state index contributed by atoms with van der Waals surface area (Å²) in [6.07, 6.45) is 2.05. The van der Waals surface area contributed by atoms with E-state index in [-0.39, 0.29) is 24.0 Å². The van der Waals surface area contributed by atoms with Crippen LogP contribution in [0, 0.1) is 5.82 Å². The lowest BCUT2D eigenvalue weighted by Crippen LogP contribution is -2.30. The van der Waals surface area contributed by atoms with Crippen molar-refractivity contribution in [2.75, 3.05) is 23.9 Å². The van der Waals surface area contributed by atoms with Gasteiger partial charge < -0.3 is 10.1 Å². The Morgan fingerprint density at radius 3 is 2.64 bits per heavy atom. The number of hydrogen-bond donors (Lipinski definition) is 2. The van der Waals surface area contributed by atoms with E-state index in [9.17, 15) is 13.2 Å². The molecular weight excluding hydrogens is 445 g/mol. The number of carbonyl (C=O) groups is 1. The van der Waals surface area contributed by atoms with Gasteiger partial charge in [-0.15, -0.1) is 0 Å². The highest BCUT2D eigenvalue weighted by Crippen LogP contribution is 2.40. The van der Waals surface area contributed by atoms with Crippen LogP contribution in [0.25, 0.3) is 10.8 Å². The molecule has 3 aromatic carbocycles. The van der Waals surface area contributed by atoms with Crippen molar-refractivity contribution < 1.29 is 22.3 Å². The smallest absolute Gasteiger partial charge is 0.326 e.